The summed E-state index contributed by atoms with van der Waals surface area (Å²) in [5.74, 6) is 0.914. The summed E-state index contributed by atoms with van der Waals surface area (Å²) in [5.41, 5.74) is 1.80. The Kier molecular flexibility index (Phi) is 3.74. The van der Waals surface area contributed by atoms with Crippen LogP contribution < -0.4 is 5.32 Å². The second-order valence-electron chi connectivity index (χ2n) is 7.54. The molecule has 5 heteroatoms. The number of amides is 2. The Morgan fingerprint density at radius 3 is 2.92 bits per heavy atom. The number of nitrogens with one attached hydrogen (secondary N) is 1. The number of aryl methyl sites for hydroxylation is 1. The second kappa shape index (κ2) is 5.80. The third-order valence-corrected chi connectivity index (χ3v) is 5.81. The molecule has 0 spiro atoms. The third kappa shape index (κ3) is 2.66. The van der Waals surface area contributed by atoms with Crippen molar-refractivity contribution in [3.05, 3.63) is 35.8 Å². The van der Waals surface area contributed by atoms with Crippen molar-refractivity contribution in [3.63, 3.8) is 0 Å². The molecule has 24 heavy (non-hydrogen) atoms. The normalized spacial score (nSPS) is 26.3. The van der Waals surface area contributed by atoms with Crippen LogP contribution in [0.4, 0.5) is 0 Å². The molecular formula is C19H25N3O2. The van der Waals surface area contributed by atoms with Crippen molar-refractivity contribution < 1.29 is 9.59 Å². The standard InChI is InChI=1S/C19H25N3O2/c1-21-11-3-4-15(21)18(24)20-13-19-9-2-5-16(19)22(12-14-6-7-14)17(23)8-10-19/h3-5,11,14H,2,6-10,12-13H2,1H3,(H,20,24)/t19-/m0/s1. The van der Waals surface area contributed by atoms with E-state index in [1.807, 2.05) is 34.8 Å². The number of likely N-dealkylation sites (tertiary alicyclic amines) is 1. The van der Waals surface area contributed by atoms with Crippen LogP contribution in [0.2, 0.25) is 0 Å². The van der Waals surface area contributed by atoms with Crippen LogP contribution in [0.1, 0.15) is 49.0 Å². The first-order valence-electron chi connectivity index (χ1n) is 9.00. The minimum atomic E-state index is -0.0520. The predicted molar refractivity (Wildman–Crippen MR) is 91.2 cm³/mol. The number of allylic oxidation sites excluding steroid dienone is 1. The first-order chi connectivity index (χ1) is 11.6. The minimum absolute atomic E-state index is 0.0335. The number of aromatic nitrogens is 1. The topological polar surface area (TPSA) is 54.3 Å². The highest BCUT2D eigenvalue weighted by Crippen LogP contribution is 2.48. The number of nitrogens with zero attached hydrogens (tertiary/aromatic N) is 2. The maximum Gasteiger partial charge on any atom is 0.267 e. The highest BCUT2D eigenvalue weighted by atomic mass is 16.2. The number of piperidine rings is 1. The highest BCUT2D eigenvalue weighted by molar-refractivity contribution is 5.92. The lowest BCUT2D eigenvalue weighted by Crippen LogP contribution is -2.48. The molecule has 4 rings (SSSR count). The first-order valence-corrected chi connectivity index (χ1v) is 9.00. The number of rotatable bonds is 5. The molecule has 1 atom stereocenters. The van der Waals surface area contributed by atoms with Crippen LogP contribution in [-0.4, -0.2) is 34.4 Å². The Bertz CT molecular complexity index is 701. The van der Waals surface area contributed by atoms with Gasteiger partial charge in [0, 0.05) is 43.9 Å². The molecule has 0 bridgehead atoms. The molecule has 1 aromatic heterocycles. The van der Waals surface area contributed by atoms with Gasteiger partial charge in [-0.05, 0) is 50.2 Å². The molecule has 0 unspecified atom stereocenters. The van der Waals surface area contributed by atoms with Crippen molar-refractivity contribution in [3.8, 4) is 0 Å². The lowest BCUT2D eigenvalue weighted by atomic mass is 9.76. The van der Waals surface area contributed by atoms with Gasteiger partial charge >= 0.3 is 0 Å². The first kappa shape index (κ1) is 15.5. The van der Waals surface area contributed by atoms with Crippen LogP contribution >= 0.6 is 0 Å². The zero-order valence-electron chi connectivity index (χ0n) is 14.3. The summed E-state index contributed by atoms with van der Waals surface area (Å²) in [6.07, 6.45) is 10.1. The summed E-state index contributed by atoms with van der Waals surface area (Å²) < 4.78 is 1.84. The van der Waals surface area contributed by atoms with E-state index in [9.17, 15) is 9.59 Å². The zero-order valence-corrected chi connectivity index (χ0v) is 14.3. The smallest absolute Gasteiger partial charge is 0.267 e. The fraction of sp³-hybridized carbons (Fsp3) is 0.579. The summed E-state index contributed by atoms with van der Waals surface area (Å²) >= 11 is 0. The van der Waals surface area contributed by atoms with Gasteiger partial charge < -0.3 is 14.8 Å². The molecule has 1 aromatic rings. The highest BCUT2D eigenvalue weighted by Gasteiger charge is 2.46. The molecule has 2 heterocycles. The van der Waals surface area contributed by atoms with Crippen molar-refractivity contribution in [2.24, 2.45) is 18.4 Å². The van der Waals surface area contributed by atoms with Crippen LogP contribution in [0, 0.1) is 11.3 Å². The summed E-state index contributed by atoms with van der Waals surface area (Å²) in [6.45, 7) is 1.50. The Morgan fingerprint density at radius 2 is 2.21 bits per heavy atom. The fourth-order valence-corrected chi connectivity index (χ4v) is 4.16. The van der Waals surface area contributed by atoms with Gasteiger partial charge in [0.15, 0.2) is 0 Å². The van der Waals surface area contributed by atoms with Gasteiger partial charge in [-0.3, -0.25) is 9.59 Å². The number of carbonyl (C=O) groups excluding carboxylic acids is 2. The molecule has 1 aliphatic heterocycles. The molecule has 2 fully saturated rings. The van der Waals surface area contributed by atoms with Crippen LogP contribution in [-0.2, 0) is 11.8 Å². The SMILES string of the molecule is Cn1cccc1C(=O)NC[C@@]12CCC=C1N(CC1CC1)C(=O)CC2. The lowest BCUT2D eigenvalue weighted by Gasteiger charge is -2.42. The van der Waals surface area contributed by atoms with Crippen molar-refractivity contribution in [1.82, 2.24) is 14.8 Å². The average Bonchev–Trinajstić information content (AvgIpc) is 3.12. The number of hydrogen-bond donors (Lipinski definition) is 1. The van der Waals surface area contributed by atoms with E-state index in [1.54, 1.807) is 0 Å². The van der Waals surface area contributed by atoms with Crippen LogP contribution in [0.3, 0.4) is 0 Å². The summed E-state index contributed by atoms with van der Waals surface area (Å²) in [4.78, 5) is 26.9. The molecule has 0 aromatic carbocycles. The Labute approximate surface area is 142 Å². The molecule has 2 aliphatic carbocycles. The molecule has 0 radical (unpaired) electrons. The zero-order chi connectivity index (χ0) is 16.7. The lowest BCUT2D eigenvalue weighted by molar-refractivity contribution is -0.133. The fourth-order valence-electron chi connectivity index (χ4n) is 4.16. The van der Waals surface area contributed by atoms with E-state index >= 15 is 0 Å². The quantitative estimate of drug-likeness (QED) is 0.903. The van der Waals surface area contributed by atoms with Gasteiger partial charge in [0.1, 0.15) is 5.69 Å². The average molecular weight is 327 g/mol. The van der Waals surface area contributed by atoms with E-state index in [0.29, 0.717) is 24.6 Å². The molecular weight excluding hydrogens is 302 g/mol. The van der Waals surface area contributed by atoms with E-state index in [-0.39, 0.29) is 17.2 Å². The predicted octanol–water partition coefficient (Wildman–Crippen LogP) is 2.45. The summed E-state index contributed by atoms with van der Waals surface area (Å²) in [6, 6.07) is 3.72. The largest absolute Gasteiger partial charge is 0.350 e. The Balaban J connectivity index is 1.49. The van der Waals surface area contributed by atoms with Gasteiger partial charge in [0.25, 0.3) is 5.91 Å². The molecule has 3 aliphatic rings. The van der Waals surface area contributed by atoms with Gasteiger partial charge in [0.2, 0.25) is 5.91 Å². The number of hydrogen-bond acceptors (Lipinski definition) is 2. The maximum atomic E-state index is 12.5. The van der Waals surface area contributed by atoms with Crippen LogP contribution in [0.5, 0.6) is 0 Å². The van der Waals surface area contributed by atoms with Gasteiger partial charge in [-0.25, -0.2) is 0 Å². The molecule has 1 saturated heterocycles. The number of fused-ring (bicyclic) bond motifs is 1. The van der Waals surface area contributed by atoms with E-state index in [4.69, 9.17) is 0 Å². The maximum absolute atomic E-state index is 12.5. The van der Waals surface area contributed by atoms with Gasteiger partial charge in [-0.2, -0.15) is 0 Å². The second-order valence-corrected chi connectivity index (χ2v) is 7.54. The molecule has 5 nitrogen and oxygen atoms in total. The van der Waals surface area contributed by atoms with Crippen LogP contribution in [0.25, 0.3) is 0 Å². The Hall–Kier alpha value is -2.04. The molecule has 1 saturated carbocycles. The molecule has 1 N–H and O–H groups in total. The van der Waals surface area contributed by atoms with E-state index < -0.39 is 0 Å². The van der Waals surface area contributed by atoms with Crippen molar-refractivity contribution in [2.75, 3.05) is 13.1 Å². The van der Waals surface area contributed by atoms with Gasteiger partial charge in [-0.1, -0.05) is 6.08 Å². The van der Waals surface area contributed by atoms with Crippen molar-refractivity contribution >= 4 is 11.8 Å². The molecule has 128 valence electrons. The van der Waals surface area contributed by atoms with E-state index in [0.717, 1.165) is 25.8 Å². The van der Waals surface area contributed by atoms with E-state index in [2.05, 4.69) is 11.4 Å². The van der Waals surface area contributed by atoms with E-state index in [1.165, 1.54) is 18.5 Å². The molecule has 2 amide bonds. The third-order valence-electron chi connectivity index (χ3n) is 5.81. The van der Waals surface area contributed by atoms with Gasteiger partial charge in [-0.15, -0.1) is 0 Å². The minimum Gasteiger partial charge on any atom is -0.350 e. The van der Waals surface area contributed by atoms with Crippen LogP contribution in [0.15, 0.2) is 30.1 Å². The summed E-state index contributed by atoms with van der Waals surface area (Å²) in [5, 5.41) is 3.12. The Morgan fingerprint density at radius 1 is 1.38 bits per heavy atom. The number of carbonyl (C=O) groups is 2. The van der Waals surface area contributed by atoms with Gasteiger partial charge in [0.05, 0.1) is 0 Å². The van der Waals surface area contributed by atoms with Crippen molar-refractivity contribution in [2.45, 2.75) is 38.5 Å². The summed E-state index contributed by atoms with van der Waals surface area (Å²) in [7, 11) is 1.88. The van der Waals surface area contributed by atoms with Crippen molar-refractivity contribution in [1.29, 1.82) is 0 Å². The monoisotopic (exact) mass is 327 g/mol.